The monoisotopic (exact) mass is 330 g/mol. The van der Waals surface area contributed by atoms with E-state index in [0.29, 0.717) is 36.8 Å². The highest BCUT2D eigenvalue weighted by atomic mass is 16.6. The van der Waals surface area contributed by atoms with E-state index < -0.39 is 10.8 Å². The van der Waals surface area contributed by atoms with E-state index in [-0.39, 0.29) is 5.69 Å². The van der Waals surface area contributed by atoms with Crippen molar-refractivity contribution in [1.82, 2.24) is 0 Å². The summed E-state index contributed by atoms with van der Waals surface area (Å²) in [6.45, 7) is 3.24. The van der Waals surface area contributed by atoms with Gasteiger partial charge in [-0.3, -0.25) is 14.9 Å². The number of amides is 1. The molecular weight excluding hydrogens is 312 g/mol. The van der Waals surface area contributed by atoms with Crippen LogP contribution < -0.4 is 10.1 Å². The Hall–Kier alpha value is -2.93. The zero-order valence-corrected chi connectivity index (χ0v) is 13.2. The molecule has 2 aromatic carbocycles. The molecule has 0 fully saturated rings. The van der Waals surface area contributed by atoms with Crippen molar-refractivity contribution in [3.05, 3.63) is 64.2 Å². The lowest BCUT2D eigenvalue weighted by Crippen LogP contribution is -2.15. The highest BCUT2D eigenvalue weighted by Gasteiger charge is 2.14. The third-order valence-electron chi connectivity index (χ3n) is 3.14. The van der Waals surface area contributed by atoms with Gasteiger partial charge in [0.25, 0.3) is 11.6 Å². The number of anilines is 1. The Morgan fingerprint density at radius 1 is 1.17 bits per heavy atom. The van der Waals surface area contributed by atoms with Crippen LogP contribution in [0.15, 0.2) is 48.5 Å². The Morgan fingerprint density at radius 3 is 2.71 bits per heavy atom. The lowest BCUT2D eigenvalue weighted by molar-refractivity contribution is -0.384. The van der Waals surface area contributed by atoms with Gasteiger partial charge in [0.05, 0.1) is 17.1 Å². The molecule has 0 bridgehead atoms. The second-order valence-corrected chi connectivity index (χ2v) is 4.80. The molecule has 0 radical (unpaired) electrons. The fraction of sp³-hybridized carbons (Fsp3) is 0.235. The topological polar surface area (TPSA) is 90.7 Å². The normalized spacial score (nSPS) is 10.2. The Kier molecular flexibility index (Phi) is 6.27. The maximum absolute atomic E-state index is 12.4. The molecule has 0 spiro atoms. The number of carbonyl (C=O) groups is 1. The Morgan fingerprint density at radius 2 is 1.96 bits per heavy atom. The van der Waals surface area contributed by atoms with E-state index in [0.717, 1.165) is 0 Å². The molecule has 0 aliphatic carbocycles. The van der Waals surface area contributed by atoms with Crippen LogP contribution in [0.2, 0.25) is 0 Å². The molecule has 0 aromatic heterocycles. The van der Waals surface area contributed by atoms with Crippen molar-refractivity contribution in [3.63, 3.8) is 0 Å². The fourth-order valence-corrected chi connectivity index (χ4v) is 2.03. The average Bonchev–Trinajstić information content (AvgIpc) is 2.59. The summed E-state index contributed by atoms with van der Waals surface area (Å²) in [4.78, 5) is 22.7. The molecule has 0 unspecified atom stereocenters. The molecule has 24 heavy (non-hydrogen) atoms. The van der Waals surface area contributed by atoms with Crippen LogP contribution in [-0.4, -0.2) is 30.7 Å². The van der Waals surface area contributed by atoms with E-state index in [1.165, 1.54) is 18.2 Å². The predicted octanol–water partition coefficient (Wildman–Crippen LogP) is 3.26. The Bertz CT molecular complexity index is 718. The summed E-state index contributed by atoms with van der Waals surface area (Å²) in [6.07, 6.45) is 0. The summed E-state index contributed by atoms with van der Waals surface area (Å²) in [5.74, 6) is 0.0302. The molecular formula is C17H18N2O5. The minimum Gasteiger partial charge on any atom is -0.490 e. The van der Waals surface area contributed by atoms with Crippen LogP contribution in [0.3, 0.4) is 0 Å². The summed E-state index contributed by atoms with van der Waals surface area (Å²) in [5.41, 5.74) is 0.605. The first-order valence-electron chi connectivity index (χ1n) is 7.47. The van der Waals surface area contributed by atoms with E-state index in [1.807, 2.05) is 6.92 Å². The van der Waals surface area contributed by atoms with Crippen LogP contribution in [0.4, 0.5) is 11.4 Å². The smallest absolute Gasteiger partial charge is 0.271 e. The summed E-state index contributed by atoms with van der Waals surface area (Å²) < 4.78 is 10.8. The molecule has 0 aliphatic heterocycles. The second-order valence-electron chi connectivity index (χ2n) is 4.80. The number of hydrogen-bond donors (Lipinski definition) is 1. The largest absolute Gasteiger partial charge is 0.490 e. The number of nitrogens with one attached hydrogen (secondary N) is 1. The number of carbonyl (C=O) groups excluding carboxylic acids is 1. The lowest BCUT2D eigenvalue weighted by Gasteiger charge is -2.11. The van der Waals surface area contributed by atoms with E-state index in [2.05, 4.69) is 5.32 Å². The van der Waals surface area contributed by atoms with Crippen molar-refractivity contribution in [2.45, 2.75) is 6.92 Å². The van der Waals surface area contributed by atoms with E-state index in [1.54, 1.807) is 30.3 Å². The first-order chi connectivity index (χ1) is 11.6. The minimum absolute atomic E-state index is 0.0888. The molecule has 0 aliphatic rings. The second kappa shape index (κ2) is 8.64. The fourth-order valence-electron chi connectivity index (χ4n) is 2.03. The quantitative estimate of drug-likeness (QED) is 0.456. The zero-order chi connectivity index (χ0) is 17.4. The number of benzene rings is 2. The van der Waals surface area contributed by atoms with Gasteiger partial charge in [-0.2, -0.15) is 0 Å². The van der Waals surface area contributed by atoms with E-state index >= 15 is 0 Å². The number of hydrogen-bond acceptors (Lipinski definition) is 5. The van der Waals surface area contributed by atoms with Gasteiger partial charge >= 0.3 is 0 Å². The van der Waals surface area contributed by atoms with Gasteiger partial charge in [-0.15, -0.1) is 0 Å². The van der Waals surface area contributed by atoms with E-state index in [4.69, 9.17) is 9.47 Å². The summed E-state index contributed by atoms with van der Waals surface area (Å²) >= 11 is 0. The highest BCUT2D eigenvalue weighted by Crippen LogP contribution is 2.21. The summed E-state index contributed by atoms with van der Waals surface area (Å²) in [7, 11) is 0. The maximum atomic E-state index is 12.4. The minimum atomic E-state index is -0.513. The van der Waals surface area contributed by atoms with Crippen molar-refractivity contribution >= 4 is 17.3 Å². The van der Waals surface area contributed by atoms with Crippen molar-refractivity contribution in [2.24, 2.45) is 0 Å². The molecule has 7 nitrogen and oxygen atoms in total. The van der Waals surface area contributed by atoms with Gasteiger partial charge in [0.1, 0.15) is 12.4 Å². The Labute approximate surface area is 139 Å². The molecule has 2 rings (SSSR count). The number of nitrogens with zero attached hydrogens (tertiary/aromatic N) is 1. The van der Waals surface area contributed by atoms with Crippen molar-refractivity contribution in [1.29, 1.82) is 0 Å². The predicted molar refractivity (Wildman–Crippen MR) is 89.5 cm³/mol. The van der Waals surface area contributed by atoms with Crippen molar-refractivity contribution in [3.8, 4) is 5.75 Å². The molecule has 1 amide bonds. The number of rotatable bonds is 8. The number of para-hydroxylation sites is 1. The molecule has 2 aromatic rings. The first-order valence-corrected chi connectivity index (χ1v) is 7.47. The van der Waals surface area contributed by atoms with Gasteiger partial charge in [-0.25, -0.2) is 0 Å². The SMILES string of the molecule is CCOCCOc1ccccc1C(=O)Nc1cccc([N+](=O)[O-])c1. The summed E-state index contributed by atoms with van der Waals surface area (Å²) in [5, 5.41) is 13.4. The van der Waals surface area contributed by atoms with Crippen LogP contribution >= 0.6 is 0 Å². The number of nitro benzene ring substituents is 1. The Balaban J connectivity index is 2.09. The molecule has 7 heteroatoms. The van der Waals surface area contributed by atoms with Crippen LogP contribution in [0.1, 0.15) is 17.3 Å². The number of non-ortho nitro benzene ring substituents is 1. The highest BCUT2D eigenvalue weighted by molar-refractivity contribution is 6.06. The van der Waals surface area contributed by atoms with Crippen LogP contribution in [0, 0.1) is 10.1 Å². The maximum Gasteiger partial charge on any atom is 0.271 e. The van der Waals surface area contributed by atoms with Crippen LogP contribution in [0.25, 0.3) is 0 Å². The number of nitro groups is 1. The van der Waals surface area contributed by atoms with Crippen molar-refractivity contribution in [2.75, 3.05) is 25.1 Å². The molecule has 0 heterocycles. The first kappa shape index (κ1) is 17.4. The summed E-state index contributed by atoms with van der Waals surface area (Å²) in [6, 6.07) is 12.6. The van der Waals surface area contributed by atoms with E-state index in [9.17, 15) is 14.9 Å². The van der Waals surface area contributed by atoms with Gasteiger partial charge < -0.3 is 14.8 Å². The number of ether oxygens (including phenoxy) is 2. The standard InChI is InChI=1S/C17H18N2O5/c1-2-23-10-11-24-16-9-4-3-8-15(16)17(20)18-13-6-5-7-14(12-13)19(21)22/h3-9,12H,2,10-11H2,1H3,(H,18,20). The molecule has 126 valence electrons. The zero-order valence-electron chi connectivity index (χ0n) is 13.2. The molecule has 0 saturated carbocycles. The molecule has 1 N–H and O–H groups in total. The van der Waals surface area contributed by atoms with Gasteiger partial charge in [0.15, 0.2) is 0 Å². The average molecular weight is 330 g/mol. The van der Waals surface area contributed by atoms with Crippen LogP contribution in [-0.2, 0) is 4.74 Å². The molecule has 0 saturated heterocycles. The third-order valence-corrected chi connectivity index (χ3v) is 3.14. The lowest BCUT2D eigenvalue weighted by atomic mass is 10.2. The molecule has 0 atom stereocenters. The van der Waals surface area contributed by atoms with Crippen molar-refractivity contribution < 1.29 is 19.2 Å². The van der Waals surface area contributed by atoms with Gasteiger partial charge in [0, 0.05) is 24.4 Å². The van der Waals surface area contributed by atoms with Gasteiger partial charge in [0.2, 0.25) is 0 Å². The van der Waals surface area contributed by atoms with Gasteiger partial charge in [-0.05, 0) is 25.1 Å². The third kappa shape index (κ3) is 4.79. The van der Waals surface area contributed by atoms with Gasteiger partial charge in [-0.1, -0.05) is 18.2 Å². The van der Waals surface area contributed by atoms with Crippen LogP contribution in [0.5, 0.6) is 5.75 Å².